The largest absolute Gasteiger partial charge is 6.00 e. The molecule has 288 valence electrons. The molecule has 6 aromatic carbocycles. The van der Waals surface area contributed by atoms with Crippen LogP contribution in [-0.4, -0.2) is 28.2 Å². The molecule has 0 atom stereocenters. The first-order valence-electron chi connectivity index (χ1n) is 18.0. The van der Waals surface area contributed by atoms with E-state index < -0.39 is 11.7 Å². The number of para-hydroxylation sites is 9. The van der Waals surface area contributed by atoms with Gasteiger partial charge in [-0.3, -0.25) is 0 Å². The standard InChI is InChI=1S/C23H18F3N4.C14H12N2.C8H9N2.Os/c1-27-14-29(21-9-5-3-7-19(21)27)17-11-16(23(24,25)26)12-18(13-17)30-15-28(2)20-8-4-6-10-22(20)30;1-15-11-16(12-7-3-2-4-8-12)14-10-6-5-9-13(14)15;1-10-6-9-7-4-2-3-5-8(7)10;/h3-12,14-15H,1-2H3;2-7,9-11H,1H3;2-6,9H,1H3;/q-3;-2;-1;+6. The molecule has 0 fully saturated rings. The number of fused-ring (bicyclic) bond motifs is 4. The Morgan fingerprint density at radius 2 is 0.895 bits per heavy atom. The van der Waals surface area contributed by atoms with E-state index >= 15 is 0 Å². The molecule has 0 aromatic heterocycles. The second kappa shape index (κ2) is 16.3. The summed E-state index contributed by atoms with van der Waals surface area (Å²) in [6.07, 6.45) is -4.48. The molecule has 0 aliphatic carbocycles. The molecular weight excluding hydrogens is 900 g/mol. The molecule has 57 heavy (non-hydrogen) atoms. The van der Waals surface area contributed by atoms with Crippen molar-refractivity contribution in [1.29, 1.82) is 0 Å². The van der Waals surface area contributed by atoms with Crippen molar-refractivity contribution in [2.24, 2.45) is 0 Å². The topological polar surface area (TPSA) is 34.7 Å². The SMILES string of the molecule is CN1[CH-]N(c2[c-]c(N3[CH-]N(C)c4ccccc43)cc(C(F)(F)F)c2)c2ccccc21.CN1[CH-]N(c2[c-]cccc2)c2ccccc21.CN1[CH-]Nc2ccccc21.[Os+6]. The quantitative estimate of drug-likeness (QED) is 0.176. The number of halogens is 3. The molecule has 1 N–H and O–H groups in total. The zero-order valence-electron chi connectivity index (χ0n) is 31.6. The van der Waals surface area contributed by atoms with Crippen LogP contribution in [0.25, 0.3) is 0 Å². The van der Waals surface area contributed by atoms with Crippen LogP contribution in [0.5, 0.6) is 0 Å². The van der Waals surface area contributed by atoms with Crippen LogP contribution in [0.4, 0.5) is 75.7 Å². The van der Waals surface area contributed by atoms with Crippen LogP contribution >= 0.6 is 0 Å². The van der Waals surface area contributed by atoms with Crippen LogP contribution in [-0.2, 0) is 26.0 Å². The summed E-state index contributed by atoms with van der Waals surface area (Å²) in [6.45, 7) is 7.57. The maximum absolute atomic E-state index is 13.8. The Morgan fingerprint density at radius 3 is 1.32 bits per heavy atom. The van der Waals surface area contributed by atoms with Gasteiger partial charge in [-0.1, -0.05) is 54.1 Å². The predicted octanol–water partition coefficient (Wildman–Crippen LogP) is 10.8. The maximum atomic E-state index is 13.8. The van der Waals surface area contributed by atoms with Gasteiger partial charge in [-0.2, -0.15) is 70.2 Å². The third-order valence-electron chi connectivity index (χ3n) is 9.77. The van der Waals surface area contributed by atoms with E-state index in [4.69, 9.17) is 0 Å². The molecule has 0 unspecified atom stereocenters. The van der Waals surface area contributed by atoms with E-state index in [9.17, 15) is 13.2 Å². The molecule has 4 aliphatic rings. The van der Waals surface area contributed by atoms with Crippen LogP contribution in [0.15, 0.2) is 133 Å². The summed E-state index contributed by atoms with van der Waals surface area (Å²) in [5.41, 5.74) is 9.32. The van der Waals surface area contributed by atoms with Gasteiger partial charge in [-0.25, -0.2) is 0 Å². The number of alkyl halides is 3. The molecule has 4 aliphatic heterocycles. The third-order valence-corrected chi connectivity index (χ3v) is 9.77. The molecule has 0 saturated carbocycles. The van der Waals surface area contributed by atoms with Gasteiger partial charge in [0, 0.05) is 45.5 Å². The van der Waals surface area contributed by atoms with Crippen molar-refractivity contribution in [3.05, 3.63) is 178 Å². The Bertz CT molecular complexity index is 2250. The molecule has 10 rings (SSSR count). The van der Waals surface area contributed by atoms with Crippen molar-refractivity contribution in [1.82, 2.24) is 0 Å². The second-order valence-corrected chi connectivity index (χ2v) is 13.5. The van der Waals surface area contributed by atoms with E-state index in [1.165, 1.54) is 22.7 Å². The van der Waals surface area contributed by atoms with Gasteiger partial charge in [-0.15, -0.1) is 35.3 Å². The summed E-state index contributed by atoms with van der Waals surface area (Å²) in [6, 6.07) is 48.5. The molecule has 0 amide bonds. The fourth-order valence-electron chi connectivity index (χ4n) is 7.00. The first-order chi connectivity index (χ1) is 27.1. The van der Waals surface area contributed by atoms with Crippen molar-refractivity contribution >= 4 is 62.6 Å². The van der Waals surface area contributed by atoms with Crippen molar-refractivity contribution < 1.29 is 33.0 Å². The number of benzene rings is 6. The average Bonchev–Trinajstić information content (AvgIpc) is 3.97. The molecule has 8 nitrogen and oxygen atoms in total. The Kier molecular flexibility index (Phi) is 11.3. The Hall–Kier alpha value is -5.85. The number of nitrogens with one attached hydrogen (secondary N) is 1. The summed E-state index contributed by atoms with van der Waals surface area (Å²) < 4.78 is 41.3. The molecule has 0 spiro atoms. The van der Waals surface area contributed by atoms with Gasteiger partial charge < -0.3 is 39.6 Å². The van der Waals surface area contributed by atoms with Crippen LogP contribution in [0, 0.1) is 38.8 Å². The minimum Gasteiger partial charge on any atom is -0.515 e. The first kappa shape index (κ1) is 39.4. The number of nitrogens with zero attached hydrogens (tertiary/aromatic N) is 7. The van der Waals surface area contributed by atoms with Crippen molar-refractivity contribution in [3.8, 4) is 0 Å². The van der Waals surface area contributed by atoms with Gasteiger partial charge in [0.15, 0.2) is 0 Å². The van der Waals surface area contributed by atoms with Crippen molar-refractivity contribution in [2.75, 3.05) is 67.8 Å². The van der Waals surface area contributed by atoms with Crippen LogP contribution in [0.3, 0.4) is 0 Å². The van der Waals surface area contributed by atoms with Gasteiger partial charge in [-0.05, 0) is 76.7 Å². The number of anilines is 11. The molecule has 6 aromatic rings. The zero-order chi connectivity index (χ0) is 39.0. The zero-order valence-corrected chi connectivity index (χ0v) is 34.2. The van der Waals surface area contributed by atoms with Gasteiger partial charge in [0.25, 0.3) is 0 Å². The van der Waals surface area contributed by atoms with Gasteiger partial charge >= 0.3 is 26.0 Å². The summed E-state index contributed by atoms with van der Waals surface area (Å²) in [5, 5.41) is 3.15. The van der Waals surface area contributed by atoms with Crippen molar-refractivity contribution in [2.45, 2.75) is 6.18 Å². The minimum atomic E-state index is -4.48. The first-order valence-corrected chi connectivity index (χ1v) is 18.0. The van der Waals surface area contributed by atoms with E-state index in [-0.39, 0.29) is 19.8 Å². The molecule has 12 heteroatoms. The minimum absolute atomic E-state index is 0. The number of hydrogen-bond acceptors (Lipinski definition) is 8. The van der Waals surface area contributed by atoms with Crippen LogP contribution in [0.1, 0.15) is 5.56 Å². The Balaban J connectivity index is 0.000000152. The second-order valence-electron chi connectivity index (χ2n) is 13.5. The van der Waals surface area contributed by atoms with E-state index in [0.717, 1.165) is 40.6 Å². The smallest absolute Gasteiger partial charge is 0.515 e. The van der Waals surface area contributed by atoms with Gasteiger partial charge in [0.2, 0.25) is 0 Å². The Labute approximate surface area is 346 Å². The molecule has 0 radical (unpaired) electrons. The third kappa shape index (κ3) is 7.92. The van der Waals surface area contributed by atoms with Crippen molar-refractivity contribution in [3.63, 3.8) is 0 Å². The van der Waals surface area contributed by atoms with Crippen LogP contribution < -0.4 is 39.6 Å². The summed E-state index contributed by atoms with van der Waals surface area (Å²) in [5.74, 6) is 0. The van der Waals surface area contributed by atoms with Gasteiger partial charge in [0.1, 0.15) is 0 Å². The maximum Gasteiger partial charge on any atom is 6.00 e. The molecule has 0 bridgehead atoms. The van der Waals surface area contributed by atoms with E-state index in [2.05, 4.69) is 88.3 Å². The summed E-state index contributed by atoms with van der Waals surface area (Å²) in [4.78, 5) is 13.6. The molecule has 0 saturated heterocycles. The number of rotatable bonds is 3. The fourth-order valence-corrected chi connectivity index (χ4v) is 7.00. The summed E-state index contributed by atoms with van der Waals surface area (Å²) in [7, 11) is 7.82. The predicted molar refractivity (Wildman–Crippen MR) is 222 cm³/mol. The van der Waals surface area contributed by atoms with E-state index in [1.54, 1.807) is 23.1 Å². The van der Waals surface area contributed by atoms with E-state index in [1.807, 2.05) is 116 Å². The molecular formula is C45H39F3N8Os. The van der Waals surface area contributed by atoms with E-state index in [0.29, 0.717) is 11.4 Å². The van der Waals surface area contributed by atoms with Gasteiger partial charge in [0.05, 0.1) is 0 Å². The molecule has 4 heterocycles. The summed E-state index contributed by atoms with van der Waals surface area (Å²) >= 11 is 0. The fraction of sp³-hybridized carbons (Fsp3) is 0.111. The number of hydrogen-bond donors (Lipinski definition) is 1. The average molecular weight is 939 g/mol. The Morgan fingerprint density at radius 1 is 0.491 bits per heavy atom. The normalized spacial score (nSPS) is 14.8. The van der Waals surface area contributed by atoms with Crippen LogP contribution in [0.2, 0.25) is 0 Å². The monoisotopic (exact) mass is 940 g/mol.